The van der Waals surface area contributed by atoms with Crippen molar-refractivity contribution in [2.24, 2.45) is 0 Å². The lowest BCUT2D eigenvalue weighted by molar-refractivity contribution is 1.32. The summed E-state index contributed by atoms with van der Waals surface area (Å²) < 4.78 is 8.39. The molecule has 90 valence electrons. The maximum atomic E-state index is 6.17. The van der Waals surface area contributed by atoms with Crippen LogP contribution in [0.15, 0.2) is 30.3 Å². The second kappa shape index (κ2) is 4.40. The Morgan fingerprint density at radius 2 is 2.06 bits per heavy atom. The Labute approximate surface area is 112 Å². The van der Waals surface area contributed by atoms with Crippen molar-refractivity contribution in [2.45, 2.75) is 0 Å². The van der Waals surface area contributed by atoms with Gasteiger partial charge in [-0.15, -0.1) is 0 Å². The van der Waals surface area contributed by atoms with E-state index in [9.17, 15) is 0 Å². The van der Waals surface area contributed by atoms with Gasteiger partial charge in [0, 0.05) is 0 Å². The third kappa shape index (κ3) is 1.96. The van der Waals surface area contributed by atoms with Crippen molar-refractivity contribution in [3.05, 3.63) is 35.4 Å². The average Bonchev–Trinajstić information content (AvgIpc) is 2.81. The molecule has 0 fully saturated rings. The van der Waals surface area contributed by atoms with Gasteiger partial charge in [-0.3, -0.25) is 0 Å². The van der Waals surface area contributed by atoms with E-state index in [1.807, 2.05) is 18.2 Å². The monoisotopic (exact) mass is 277 g/mol. The first-order valence-corrected chi connectivity index (χ1v) is 6.25. The van der Waals surface area contributed by atoms with Crippen LogP contribution in [0.3, 0.4) is 0 Å². The van der Waals surface area contributed by atoms with Gasteiger partial charge in [-0.25, -0.2) is 4.98 Å². The maximum Gasteiger partial charge on any atom is 0.132 e. The number of nitrogens with zero attached hydrogens (tertiary/aromatic N) is 3. The molecule has 0 unspecified atom stereocenters. The zero-order valence-electron chi connectivity index (χ0n) is 9.09. The highest BCUT2D eigenvalue weighted by molar-refractivity contribution is 7.00. The molecular formula is C11H8ClN5S. The van der Waals surface area contributed by atoms with E-state index in [1.54, 1.807) is 12.1 Å². The number of nitrogens with two attached hydrogens (primary N) is 1. The van der Waals surface area contributed by atoms with Crippen LogP contribution >= 0.6 is 23.3 Å². The smallest absolute Gasteiger partial charge is 0.132 e. The Hall–Kier alpha value is -1.92. The minimum absolute atomic E-state index is 0.444. The van der Waals surface area contributed by atoms with Gasteiger partial charge in [-0.05, 0) is 24.3 Å². The molecular weight excluding hydrogens is 270 g/mol. The van der Waals surface area contributed by atoms with Gasteiger partial charge in [0.15, 0.2) is 0 Å². The van der Waals surface area contributed by atoms with E-state index in [0.717, 1.165) is 22.8 Å². The summed E-state index contributed by atoms with van der Waals surface area (Å²) in [4.78, 5) is 4.16. The first kappa shape index (κ1) is 11.2. The van der Waals surface area contributed by atoms with Gasteiger partial charge in [-0.2, -0.15) is 8.75 Å². The number of hydrogen-bond donors (Lipinski definition) is 2. The summed E-state index contributed by atoms with van der Waals surface area (Å²) in [5.41, 5.74) is 7.86. The molecule has 5 nitrogen and oxygen atoms in total. The van der Waals surface area contributed by atoms with Gasteiger partial charge in [-0.1, -0.05) is 17.7 Å². The van der Waals surface area contributed by atoms with E-state index >= 15 is 0 Å². The molecule has 1 aromatic carbocycles. The van der Waals surface area contributed by atoms with Crippen LogP contribution in [0.1, 0.15) is 0 Å². The highest BCUT2D eigenvalue weighted by Gasteiger charge is 2.10. The van der Waals surface area contributed by atoms with Gasteiger partial charge in [0.25, 0.3) is 0 Å². The molecule has 0 bridgehead atoms. The predicted octanol–water partition coefficient (Wildman–Crippen LogP) is 3.07. The van der Waals surface area contributed by atoms with Crippen molar-refractivity contribution in [2.75, 3.05) is 11.1 Å². The molecule has 7 heteroatoms. The number of benzene rings is 1. The summed E-state index contributed by atoms with van der Waals surface area (Å²) >= 11 is 7.31. The van der Waals surface area contributed by atoms with E-state index in [-0.39, 0.29) is 0 Å². The molecule has 0 aliphatic heterocycles. The fourth-order valence-electron chi connectivity index (χ4n) is 1.59. The van der Waals surface area contributed by atoms with Crippen molar-refractivity contribution >= 4 is 51.7 Å². The first-order chi connectivity index (χ1) is 8.74. The standard InChI is InChI=1S/C11H8ClN5S/c12-6-4-5-7-11(17-18-16-7)10(6)15-9-3-1-2-8(13)14-9/h1-5H,(H3,13,14,15). The SMILES string of the molecule is Nc1cccc(Nc2c(Cl)ccc3nsnc23)n1. The van der Waals surface area contributed by atoms with Crippen LogP contribution in [-0.4, -0.2) is 13.7 Å². The summed E-state index contributed by atoms with van der Waals surface area (Å²) in [7, 11) is 0. The number of nitrogens with one attached hydrogen (secondary N) is 1. The highest BCUT2D eigenvalue weighted by Crippen LogP contribution is 2.31. The second-order valence-electron chi connectivity index (χ2n) is 3.63. The third-order valence-corrected chi connectivity index (χ3v) is 3.26. The Morgan fingerprint density at radius 1 is 1.17 bits per heavy atom. The molecule has 0 spiro atoms. The van der Waals surface area contributed by atoms with Gasteiger partial charge >= 0.3 is 0 Å². The lowest BCUT2D eigenvalue weighted by Gasteiger charge is -2.08. The zero-order valence-corrected chi connectivity index (χ0v) is 10.7. The average molecular weight is 278 g/mol. The van der Waals surface area contributed by atoms with E-state index in [0.29, 0.717) is 22.3 Å². The van der Waals surface area contributed by atoms with Gasteiger partial charge in [0.05, 0.1) is 22.4 Å². The van der Waals surface area contributed by atoms with Crippen LogP contribution in [0.25, 0.3) is 11.0 Å². The van der Waals surface area contributed by atoms with Crippen molar-refractivity contribution in [1.29, 1.82) is 0 Å². The molecule has 0 amide bonds. The summed E-state index contributed by atoms with van der Waals surface area (Å²) in [6.07, 6.45) is 0. The van der Waals surface area contributed by atoms with Gasteiger partial charge in [0.2, 0.25) is 0 Å². The molecule has 2 heterocycles. The lowest BCUT2D eigenvalue weighted by Crippen LogP contribution is -1.97. The fourth-order valence-corrected chi connectivity index (χ4v) is 2.34. The van der Waals surface area contributed by atoms with Crippen LogP contribution in [0.4, 0.5) is 17.3 Å². The first-order valence-electron chi connectivity index (χ1n) is 5.14. The number of rotatable bonds is 2. The number of pyridine rings is 1. The molecule has 0 atom stereocenters. The largest absolute Gasteiger partial charge is 0.384 e. The molecule has 3 aromatic rings. The van der Waals surface area contributed by atoms with Crippen molar-refractivity contribution in [3.8, 4) is 0 Å². The molecule has 18 heavy (non-hydrogen) atoms. The number of aromatic nitrogens is 3. The van der Waals surface area contributed by atoms with Crippen molar-refractivity contribution in [1.82, 2.24) is 13.7 Å². The normalized spacial score (nSPS) is 10.7. The van der Waals surface area contributed by atoms with Crippen molar-refractivity contribution in [3.63, 3.8) is 0 Å². The highest BCUT2D eigenvalue weighted by atomic mass is 35.5. The van der Waals surface area contributed by atoms with Gasteiger partial charge in [0.1, 0.15) is 22.7 Å². The quantitative estimate of drug-likeness (QED) is 0.753. The van der Waals surface area contributed by atoms with E-state index in [4.69, 9.17) is 17.3 Å². The molecule has 0 radical (unpaired) electrons. The number of hydrogen-bond acceptors (Lipinski definition) is 6. The summed E-state index contributed by atoms with van der Waals surface area (Å²) in [5, 5.41) is 3.69. The fraction of sp³-hybridized carbons (Fsp3) is 0. The van der Waals surface area contributed by atoms with Crippen LogP contribution < -0.4 is 11.1 Å². The number of anilines is 3. The van der Waals surface area contributed by atoms with E-state index in [1.165, 1.54) is 0 Å². The summed E-state index contributed by atoms with van der Waals surface area (Å²) in [6, 6.07) is 8.96. The number of nitrogen functional groups attached to an aromatic ring is 1. The maximum absolute atomic E-state index is 6.17. The van der Waals surface area contributed by atoms with Crippen molar-refractivity contribution < 1.29 is 0 Å². The zero-order chi connectivity index (χ0) is 12.5. The molecule has 0 aliphatic rings. The Bertz CT molecular complexity index is 711. The Kier molecular flexibility index (Phi) is 2.73. The van der Waals surface area contributed by atoms with Crippen LogP contribution in [-0.2, 0) is 0 Å². The summed E-state index contributed by atoms with van der Waals surface area (Å²) in [6.45, 7) is 0. The molecule has 0 saturated carbocycles. The number of fused-ring (bicyclic) bond motifs is 1. The predicted molar refractivity (Wildman–Crippen MR) is 74.4 cm³/mol. The summed E-state index contributed by atoms with van der Waals surface area (Å²) in [5.74, 6) is 1.07. The van der Waals surface area contributed by atoms with Crippen LogP contribution in [0, 0.1) is 0 Å². The van der Waals surface area contributed by atoms with Crippen LogP contribution in [0.2, 0.25) is 5.02 Å². The van der Waals surface area contributed by atoms with Crippen LogP contribution in [0.5, 0.6) is 0 Å². The number of halogens is 1. The molecule has 2 aromatic heterocycles. The minimum Gasteiger partial charge on any atom is -0.384 e. The molecule has 3 N–H and O–H groups in total. The third-order valence-electron chi connectivity index (χ3n) is 2.40. The second-order valence-corrected chi connectivity index (χ2v) is 4.56. The Morgan fingerprint density at radius 3 is 2.89 bits per heavy atom. The minimum atomic E-state index is 0.444. The molecule has 0 aliphatic carbocycles. The molecule has 3 rings (SSSR count). The molecule has 0 saturated heterocycles. The topological polar surface area (TPSA) is 76.7 Å². The van der Waals surface area contributed by atoms with E-state index < -0.39 is 0 Å². The van der Waals surface area contributed by atoms with Gasteiger partial charge < -0.3 is 11.1 Å². The lowest BCUT2D eigenvalue weighted by atomic mass is 10.2. The van der Waals surface area contributed by atoms with E-state index in [2.05, 4.69) is 19.0 Å². The Balaban J connectivity index is 2.09.